The third-order valence-corrected chi connectivity index (χ3v) is 4.60. The van der Waals surface area contributed by atoms with Crippen LogP contribution in [0.15, 0.2) is 16.8 Å². The van der Waals surface area contributed by atoms with Gasteiger partial charge in [-0.1, -0.05) is 19.8 Å². The highest BCUT2D eigenvalue weighted by atomic mass is 32.2. The Morgan fingerprint density at radius 2 is 2.21 bits per heavy atom. The number of thioether (sulfide) groups is 1. The SMILES string of the molecule is CCCCCC(=O)[C@@H](NC(C)=O)SCc1ccsc1. The lowest BCUT2D eigenvalue weighted by Gasteiger charge is -2.16. The second kappa shape index (κ2) is 9.15. The lowest BCUT2D eigenvalue weighted by molar-refractivity contribution is -0.124. The molecule has 0 saturated carbocycles. The van der Waals surface area contributed by atoms with Gasteiger partial charge < -0.3 is 5.32 Å². The van der Waals surface area contributed by atoms with Gasteiger partial charge in [0.15, 0.2) is 5.78 Å². The summed E-state index contributed by atoms with van der Waals surface area (Å²) in [4.78, 5) is 23.3. The fourth-order valence-corrected chi connectivity index (χ4v) is 3.50. The second-order valence-corrected chi connectivity index (χ2v) is 6.32. The van der Waals surface area contributed by atoms with Crippen LogP contribution in [0.4, 0.5) is 0 Å². The van der Waals surface area contributed by atoms with E-state index >= 15 is 0 Å². The van der Waals surface area contributed by atoms with Crippen LogP contribution in [0.25, 0.3) is 0 Å². The first-order valence-electron chi connectivity index (χ1n) is 6.56. The van der Waals surface area contributed by atoms with Crippen molar-refractivity contribution in [3.8, 4) is 0 Å². The molecule has 0 aliphatic carbocycles. The molecule has 0 unspecified atom stereocenters. The van der Waals surface area contributed by atoms with Gasteiger partial charge in [-0.05, 0) is 28.8 Å². The highest BCUT2D eigenvalue weighted by Crippen LogP contribution is 2.20. The van der Waals surface area contributed by atoms with Crippen LogP contribution >= 0.6 is 23.1 Å². The van der Waals surface area contributed by atoms with Crippen LogP contribution in [0.5, 0.6) is 0 Å². The third-order valence-electron chi connectivity index (χ3n) is 2.65. The fourth-order valence-electron chi connectivity index (χ4n) is 1.63. The summed E-state index contributed by atoms with van der Waals surface area (Å²) >= 11 is 3.14. The van der Waals surface area contributed by atoms with Gasteiger partial charge in [0.2, 0.25) is 5.91 Å². The second-order valence-electron chi connectivity index (χ2n) is 4.45. The van der Waals surface area contributed by atoms with E-state index in [1.54, 1.807) is 11.3 Å². The van der Waals surface area contributed by atoms with E-state index in [1.807, 2.05) is 11.4 Å². The minimum atomic E-state index is -0.408. The Balaban J connectivity index is 2.45. The summed E-state index contributed by atoms with van der Waals surface area (Å²) in [7, 11) is 0. The van der Waals surface area contributed by atoms with E-state index < -0.39 is 5.37 Å². The maximum atomic E-state index is 12.1. The van der Waals surface area contributed by atoms with E-state index in [4.69, 9.17) is 0 Å². The molecule has 3 nitrogen and oxygen atoms in total. The Labute approximate surface area is 123 Å². The Kier molecular flexibility index (Phi) is 7.82. The van der Waals surface area contributed by atoms with E-state index in [1.165, 1.54) is 24.2 Å². The first-order chi connectivity index (χ1) is 9.13. The summed E-state index contributed by atoms with van der Waals surface area (Å²) in [5.41, 5.74) is 1.20. The summed E-state index contributed by atoms with van der Waals surface area (Å²) in [6, 6.07) is 2.05. The van der Waals surface area contributed by atoms with E-state index in [0.29, 0.717) is 6.42 Å². The van der Waals surface area contributed by atoms with Gasteiger partial charge in [-0.2, -0.15) is 11.3 Å². The number of hydrogen-bond donors (Lipinski definition) is 1. The molecule has 19 heavy (non-hydrogen) atoms. The van der Waals surface area contributed by atoms with Crippen LogP contribution < -0.4 is 5.32 Å². The van der Waals surface area contributed by atoms with Crippen LogP contribution in [0, 0.1) is 0 Å². The maximum absolute atomic E-state index is 12.1. The molecular formula is C14H21NO2S2. The van der Waals surface area contributed by atoms with Crippen molar-refractivity contribution >= 4 is 34.8 Å². The Bertz CT molecular complexity index is 390. The van der Waals surface area contributed by atoms with Crippen molar-refractivity contribution in [2.75, 3.05) is 0 Å². The quantitative estimate of drug-likeness (QED) is 0.560. The van der Waals surface area contributed by atoms with Crippen molar-refractivity contribution in [2.45, 2.75) is 50.7 Å². The number of unbranched alkanes of at least 4 members (excludes halogenated alkanes) is 2. The Morgan fingerprint density at radius 3 is 2.79 bits per heavy atom. The minimum Gasteiger partial charge on any atom is -0.338 e. The number of ketones is 1. The molecule has 1 atom stereocenters. The van der Waals surface area contributed by atoms with Gasteiger partial charge in [0.05, 0.1) is 0 Å². The van der Waals surface area contributed by atoms with Gasteiger partial charge in [-0.3, -0.25) is 9.59 Å². The zero-order valence-electron chi connectivity index (χ0n) is 11.5. The first-order valence-corrected chi connectivity index (χ1v) is 8.55. The molecule has 1 rings (SSSR count). The third kappa shape index (κ3) is 6.78. The van der Waals surface area contributed by atoms with Crippen LogP contribution in [0.2, 0.25) is 0 Å². The molecule has 5 heteroatoms. The molecule has 0 aliphatic rings. The predicted octanol–water partition coefficient (Wildman–Crippen LogP) is 3.59. The standard InChI is InChI=1S/C14H21NO2S2/c1-3-4-5-6-13(17)14(15-11(2)16)19-10-12-7-8-18-9-12/h7-9,14H,3-6,10H2,1-2H3,(H,15,16)/t14-/m0/s1. The summed E-state index contributed by atoms with van der Waals surface area (Å²) in [6.45, 7) is 3.57. The van der Waals surface area contributed by atoms with E-state index in [2.05, 4.69) is 17.6 Å². The van der Waals surface area contributed by atoms with Crippen molar-refractivity contribution in [3.63, 3.8) is 0 Å². The molecule has 0 spiro atoms. The van der Waals surface area contributed by atoms with Crippen molar-refractivity contribution < 1.29 is 9.59 Å². The zero-order valence-corrected chi connectivity index (χ0v) is 13.1. The molecule has 0 radical (unpaired) electrons. The van der Waals surface area contributed by atoms with Crippen molar-refractivity contribution in [3.05, 3.63) is 22.4 Å². The highest BCUT2D eigenvalue weighted by molar-refractivity contribution is 7.99. The van der Waals surface area contributed by atoms with E-state index in [9.17, 15) is 9.59 Å². The minimum absolute atomic E-state index is 0.129. The number of carbonyl (C=O) groups is 2. The van der Waals surface area contributed by atoms with Crippen molar-refractivity contribution in [1.29, 1.82) is 0 Å². The molecule has 1 amide bonds. The van der Waals surface area contributed by atoms with Crippen LogP contribution in [-0.2, 0) is 15.3 Å². The number of hydrogen-bond acceptors (Lipinski definition) is 4. The largest absolute Gasteiger partial charge is 0.338 e. The monoisotopic (exact) mass is 299 g/mol. The van der Waals surface area contributed by atoms with Crippen LogP contribution in [-0.4, -0.2) is 17.1 Å². The first kappa shape index (κ1) is 16.2. The highest BCUT2D eigenvalue weighted by Gasteiger charge is 2.19. The van der Waals surface area contributed by atoms with Gasteiger partial charge in [0.25, 0.3) is 0 Å². The lowest BCUT2D eigenvalue weighted by atomic mass is 10.1. The molecule has 1 aromatic rings. The molecular weight excluding hydrogens is 278 g/mol. The smallest absolute Gasteiger partial charge is 0.218 e. The number of thiophene rings is 1. The molecule has 1 N–H and O–H groups in total. The molecule has 0 fully saturated rings. The van der Waals surface area contributed by atoms with Crippen molar-refractivity contribution in [2.24, 2.45) is 0 Å². The number of nitrogens with one attached hydrogen (secondary N) is 1. The fraction of sp³-hybridized carbons (Fsp3) is 0.571. The zero-order chi connectivity index (χ0) is 14.1. The molecule has 0 aromatic carbocycles. The molecule has 106 valence electrons. The number of rotatable bonds is 9. The van der Waals surface area contributed by atoms with Gasteiger partial charge in [0, 0.05) is 19.1 Å². The number of amides is 1. The van der Waals surface area contributed by atoms with Gasteiger partial charge in [0.1, 0.15) is 5.37 Å². The molecule has 0 saturated heterocycles. The maximum Gasteiger partial charge on any atom is 0.218 e. The van der Waals surface area contributed by atoms with Crippen LogP contribution in [0.3, 0.4) is 0 Å². The predicted molar refractivity (Wildman–Crippen MR) is 82.4 cm³/mol. The number of Topliss-reactive ketones (excluding diaryl/α,β-unsaturated/α-hetero) is 1. The average Bonchev–Trinajstić information content (AvgIpc) is 2.87. The average molecular weight is 299 g/mol. The van der Waals surface area contributed by atoms with E-state index in [0.717, 1.165) is 25.0 Å². The molecule has 0 aliphatic heterocycles. The van der Waals surface area contributed by atoms with Crippen molar-refractivity contribution in [1.82, 2.24) is 5.32 Å². The molecule has 1 aromatic heterocycles. The van der Waals surface area contributed by atoms with E-state index in [-0.39, 0.29) is 11.7 Å². The van der Waals surface area contributed by atoms with Gasteiger partial charge in [-0.15, -0.1) is 11.8 Å². The lowest BCUT2D eigenvalue weighted by Crippen LogP contribution is -2.37. The summed E-state index contributed by atoms with van der Waals surface area (Å²) in [5, 5.41) is 6.43. The number of carbonyl (C=O) groups excluding carboxylic acids is 2. The molecule has 1 heterocycles. The summed E-state index contributed by atoms with van der Waals surface area (Å²) in [5.74, 6) is 0.740. The Morgan fingerprint density at radius 1 is 1.42 bits per heavy atom. The Hall–Kier alpha value is -0.810. The topological polar surface area (TPSA) is 46.2 Å². The molecule has 0 bridgehead atoms. The summed E-state index contributed by atoms with van der Waals surface area (Å²) < 4.78 is 0. The van der Waals surface area contributed by atoms with Gasteiger partial charge in [-0.25, -0.2) is 0 Å². The van der Waals surface area contributed by atoms with Gasteiger partial charge >= 0.3 is 0 Å². The van der Waals surface area contributed by atoms with Crippen LogP contribution in [0.1, 0.15) is 45.1 Å². The summed E-state index contributed by atoms with van der Waals surface area (Å²) in [6.07, 6.45) is 3.62. The normalized spacial score (nSPS) is 12.1.